The summed E-state index contributed by atoms with van der Waals surface area (Å²) in [6.45, 7) is 8.32. The zero-order valence-electron chi connectivity index (χ0n) is 14.4. The Balaban J connectivity index is 2.61. The largest absolute Gasteiger partial charge is 0.494 e. The lowest BCUT2D eigenvalue weighted by Crippen LogP contribution is -2.26. The summed E-state index contributed by atoms with van der Waals surface area (Å²) in [5, 5.41) is 19.2. The molecule has 1 atom stereocenters. The normalized spacial score (nSPS) is 17.8. The van der Waals surface area contributed by atoms with E-state index in [0.717, 1.165) is 11.3 Å². The number of hydrogen-bond donors (Lipinski definition) is 1. The molecule has 0 saturated carbocycles. The summed E-state index contributed by atoms with van der Waals surface area (Å²) in [5.74, 6) is 0.765. The Morgan fingerprint density at radius 3 is 2.17 bits per heavy atom. The molecule has 124 valence electrons. The van der Waals surface area contributed by atoms with Crippen molar-refractivity contribution in [2.45, 2.75) is 33.6 Å². The monoisotopic (exact) mass is 323 g/mol. The fourth-order valence-corrected chi connectivity index (χ4v) is 2.69. The Labute approximate surface area is 142 Å². The van der Waals surface area contributed by atoms with Crippen molar-refractivity contribution in [2.75, 3.05) is 6.61 Å². The molecule has 1 heterocycles. The van der Waals surface area contributed by atoms with E-state index >= 15 is 0 Å². The number of ether oxygens (including phenoxy) is 2. The third-order valence-electron chi connectivity index (χ3n) is 3.75. The van der Waals surface area contributed by atoms with Gasteiger partial charge in [-0.3, -0.25) is 0 Å². The van der Waals surface area contributed by atoms with Crippen LogP contribution in [0, 0.1) is 28.1 Å². The Bertz CT molecular complexity index is 769. The van der Waals surface area contributed by atoms with Crippen molar-refractivity contribution >= 4 is 0 Å². The first-order valence-electron chi connectivity index (χ1n) is 7.78. The molecule has 0 amide bonds. The maximum atomic E-state index is 9.71. The fourth-order valence-electron chi connectivity index (χ4n) is 2.69. The first kappa shape index (κ1) is 17.4. The van der Waals surface area contributed by atoms with Gasteiger partial charge >= 0.3 is 0 Å². The van der Waals surface area contributed by atoms with Gasteiger partial charge in [-0.15, -0.1) is 0 Å². The van der Waals surface area contributed by atoms with Crippen molar-refractivity contribution in [2.24, 2.45) is 11.1 Å². The van der Waals surface area contributed by atoms with E-state index in [0.29, 0.717) is 17.9 Å². The number of hydrogen-bond acceptors (Lipinski definition) is 5. The van der Waals surface area contributed by atoms with Crippen LogP contribution in [0.4, 0.5) is 0 Å². The average Bonchev–Trinajstić information content (AvgIpc) is 2.54. The maximum absolute atomic E-state index is 9.71. The van der Waals surface area contributed by atoms with Crippen LogP contribution >= 0.6 is 0 Å². The highest BCUT2D eigenvalue weighted by Gasteiger charge is 2.37. The van der Waals surface area contributed by atoms with E-state index in [-0.39, 0.29) is 11.5 Å². The molecule has 0 saturated heterocycles. The van der Waals surface area contributed by atoms with Crippen molar-refractivity contribution in [3.63, 3.8) is 0 Å². The molecule has 5 heteroatoms. The summed E-state index contributed by atoms with van der Waals surface area (Å²) in [5.41, 5.74) is 7.04. The molecule has 0 spiro atoms. The smallest absolute Gasteiger partial charge is 0.205 e. The van der Waals surface area contributed by atoms with Crippen LogP contribution < -0.4 is 10.5 Å². The number of nitrogens with two attached hydrogens (primary N) is 1. The van der Waals surface area contributed by atoms with Gasteiger partial charge in [0.25, 0.3) is 0 Å². The molecule has 1 aromatic carbocycles. The van der Waals surface area contributed by atoms with E-state index in [9.17, 15) is 10.5 Å². The van der Waals surface area contributed by atoms with Crippen LogP contribution in [0.2, 0.25) is 0 Å². The lowest BCUT2D eigenvalue weighted by Gasteiger charge is -2.32. The Morgan fingerprint density at radius 1 is 1.12 bits per heavy atom. The molecule has 0 fully saturated rings. The van der Waals surface area contributed by atoms with Gasteiger partial charge in [-0.2, -0.15) is 10.5 Å². The molecule has 1 aliphatic heterocycles. The van der Waals surface area contributed by atoms with Crippen molar-refractivity contribution in [3.8, 4) is 17.9 Å². The van der Waals surface area contributed by atoms with E-state index in [1.807, 2.05) is 52.0 Å². The highest BCUT2D eigenvalue weighted by molar-refractivity contribution is 5.54. The summed E-state index contributed by atoms with van der Waals surface area (Å²) in [6.07, 6.45) is 0. The van der Waals surface area contributed by atoms with E-state index < -0.39 is 11.3 Å². The van der Waals surface area contributed by atoms with Crippen molar-refractivity contribution < 1.29 is 9.47 Å². The van der Waals surface area contributed by atoms with Gasteiger partial charge in [0, 0.05) is 5.41 Å². The summed E-state index contributed by atoms with van der Waals surface area (Å²) < 4.78 is 11.1. The molecule has 5 nitrogen and oxygen atoms in total. The number of rotatable bonds is 3. The van der Waals surface area contributed by atoms with Crippen LogP contribution in [-0.4, -0.2) is 6.61 Å². The highest BCUT2D eigenvalue weighted by Crippen LogP contribution is 2.44. The Hall–Kier alpha value is -2.92. The quantitative estimate of drug-likeness (QED) is 0.915. The zero-order valence-corrected chi connectivity index (χ0v) is 14.4. The Morgan fingerprint density at radius 2 is 1.71 bits per heavy atom. The topological polar surface area (TPSA) is 92.1 Å². The lowest BCUT2D eigenvalue weighted by molar-refractivity contribution is 0.199. The van der Waals surface area contributed by atoms with Crippen molar-refractivity contribution in [1.29, 1.82) is 10.5 Å². The minimum atomic E-state index is -0.529. The van der Waals surface area contributed by atoms with Gasteiger partial charge in [0.1, 0.15) is 23.2 Å². The summed E-state index contributed by atoms with van der Waals surface area (Å²) in [4.78, 5) is 0. The predicted octanol–water partition coefficient (Wildman–Crippen LogP) is 3.72. The van der Waals surface area contributed by atoms with Gasteiger partial charge in [-0.1, -0.05) is 32.9 Å². The molecule has 0 aromatic heterocycles. The van der Waals surface area contributed by atoms with E-state index in [2.05, 4.69) is 12.1 Å². The van der Waals surface area contributed by atoms with Crippen LogP contribution in [0.5, 0.6) is 5.75 Å². The highest BCUT2D eigenvalue weighted by atomic mass is 16.5. The van der Waals surface area contributed by atoms with Gasteiger partial charge in [0.2, 0.25) is 5.88 Å². The third-order valence-corrected chi connectivity index (χ3v) is 3.75. The van der Waals surface area contributed by atoms with E-state index in [1.54, 1.807) is 0 Å². The van der Waals surface area contributed by atoms with E-state index in [4.69, 9.17) is 15.2 Å². The maximum Gasteiger partial charge on any atom is 0.205 e. The molecule has 1 aliphatic rings. The van der Waals surface area contributed by atoms with Gasteiger partial charge in [0.15, 0.2) is 0 Å². The van der Waals surface area contributed by atoms with Crippen LogP contribution in [-0.2, 0) is 4.74 Å². The van der Waals surface area contributed by atoms with E-state index in [1.165, 1.54) is 0 Å². The second-order valence-electron chi connectivity index (χ2n) is 6.53. The number of nitrogens with zero attached hydrogens (tertiary/aromatic N) is 2. The third kappa shape index (κ3) is 3.21. The average molecular weight is 323 g/mol. The van der Waals surface area contributed by atoms with Crippen molar-refractivity contribution in [3.05, 3.63) is 52.6 Å². The lowest BCUT2D eigenvalue weighted by atomic mass is 9.79. The molecule has 0 radical (unpaired) electrons. The van der Waals surface area contributed by atoms with Gasteiger partial charge in [-0.05, 0) is 24.6 Å². The summed E-state index contributed by atoms with van der Waals surface area (Å²) in [7, 11) is 0. The standard InChI is InChI=1S/C19H21N3O2/c1-5-23-13-8-6-12(7-9-13)16-14(10-20)17(19(2,3)4)24-18(22)15(16)11-21/h6-9,16H,5,22H2,1-4H3/t16-/m1/s1. The van der Waals surface area contributed by atoms with Gasteiger partial charge in [0.05, 0.1) is 24.2 Å². The molecule has 0 aliphatic carbocycles. The zero-order chi connectivity index (χ0) is 17.9. The second kappa shape index (κ2) is 6.68. The number of allylic oxidation sites excluding steroid dienone is 3. The first-order valence-corrected chi connectivity index (χ1v) is 7.78. The minimum absolute atomic E-state index is 0.0558. The Kier molecular flexibility index (Phi) is 4.85. The summed E-state index contributed by atoms with van der Waals surface area (Å²) >= 11 is 0. The molecule has 0 unspecified atom stereocenters. The molecular weight excluding hydrogens is 302 g/mol. The molecule has 2 rings (SSSR count). The van der Waals surface area contributed by atoms with Gasteiger partial charge < -0.3 is 15.2 Å². The molecule has 24 heavy (non-hydrogen) atoms. The first-order chi connectivity index (χ1) is 11.3. The molecule has 0 bridgehead atoms. The molecule has 2 N–H and O–H groups in total. The SMILES string of the molecule is CCOc1ccc([C@H]2C(C#N)=C(N)OC(C(C)(C)C)=C2C#N)cc1. The molecular formula is C19H21N3O2. The van der Waals surface area contributed by atoms with Crippen LogP contribution in [0.3, 0.4) is 0 Å². The number of nitriles is 2. The van der Waals surface area contributed by atoms with Crippen LogP contribution in [0.1, 0.15) is 39.2 Å². The summed E-state index contributed by atoms with van der Waals surface area (Å²) in [6, 6.07) is 11.7. The van der Waals surface area contributed by atoms with Crippen LogP contribution in [0.15, 0.2) is 47.1 Å². The van der Waals surface area contributed by atoms with Crippen LogP contribution in [0.25, 0.3) is 0 Å². The minimum Gasteiger partial charge on any atom is -0.494 e. The fraction of sp³-hybridized carbons (Fsp3) is 0.368. The predicted molar refractivity (Wildman–Crippen MR) is 90.4 cm³/mol. The number of benzene rings is 1. The van der Waals surface area contributed by atoms with Crippen molar-refractivity contribution in [1.82, 2.24) is 0 Å². The second-order valence-corrected chi connectivity index (χ2v) is 6.53. The van der Waals surface area contributed by atoms with Gasteiger partial charge in [-0.25, -0.2) is 0 Å². The molecule has 1 aromatic rings.